The van der Waals surface area contributed by atoms with Crippen LogP contribution >= 0.6 is 11.6 Å². The number of benzene rings is 1. The standard InChI is InChI=1S/C21H18ClF3N4O/c22-19-17(28-10-4-7-16(28)11-14-5-2-1-3-6-14)13-27-29(20(19)30)18-9-8-15(12-26-18)21(23,24)25/h1-3,5-6,8-9,12-13,16H,4,7,10-11H2. The predicted octanol–water partition coefficient (Wildman–Crippen LogP) is 4.51. The fourth-order valence-electron chi connectivity index (χ4n) is 3.72. The van der Waals surface area contributed by atoms with E-state index in [4.69, 9.17) is 11.6 Å². The van der Waals surface area contributed by atoms with E-state index in [9.17, 15) is 18.0 Å². The summed E-state index contributed by atoms with van der Waals surface area (Å²) in [5, 5.41) is 4.10. The van der Waals surface area contributed by atoms with E-state index in [0.717, 1.165) is 42.6 Å². The number of halogens is 4. The zero-order valence-corrected chi connectivity index (χ0v) is 16.6. The van der Waals surface area contributed by atoms with Gasteiger partial charge >= 0.3 is 6.18 Å². The molecule has 1 unspecified atom stereocenters. The molecule has 0 radical (unpaired) electrons. The summed E-state index contributed by atoms with van der Waals surface area (Å²) in [6, 6.07) is 12.2. The molecule has 1 aliphatic heterocycles. The molecule has 30 heavy (non-hydrogen) atoms. The first-order chi connectivity index (χ1) is 14.3. The highest BCUT2D eigenvalue weighted by Gasteiger charge is 2.31. The minimum absolute atomic E-state index is 0.0216. The van der Waals surface area contributed by atoms with Crippen molar-refractivity contribution < 1.29 is 13.2 Å². The van der Waals surface area contributed by atoms with E-state index in [0.29, 0.717) is 11.9 Å². The van der Waals surface area contributed by atoms with Crippen LogP contribution in [0.4, 0.5) is 18.9 Å². The van der Waals surface area contributed by atoms with Gasteiger partial charge in [-0.1, -0.05) is 41.9 Å². The highest BCUT2D eigenvalue weighted by molar-refractivity contribution is 6.33. The van der Waals surface area contributed by atoms with Gasteiger partial charge in [-0.2, -0.15) is 23.0 Å². The van der Waals surface area contributed by atoms with E-state index < -0.39 is 17.3 Å². The van der Waals surface area contributed by atoms with Crippen LogP contribution in [0.2, 0.25) is 5.02 Å². The Morgan fingerprint density at radius 1 is 1.10 bits per heavy atom. The summed E-state index contributed by atoms with van der Waals surface area (Å²) in [6.07, 6.45) is 0.399. The van der Waals surface area contributed by atoms with Crippen LogP contribution in [0.1, 0.15) is 24.0 Å². The minimum Gasteiger partial charge on any atom is -0.366 e. The smallest absolute Gasteiger partial charge is 0.366 e. The van der Waals surface area contributed by atoms with Crippen LogP contribution in [0, 0.1) is 0 Å². The first kappa shape index (κ1) is 20.4. The monoisotopic (exact) mass is 434 g/mol. The average molecular weight is 435 g/mol. The van der Waals surface area contributed by atoms with Gasteiger partial charge in [0.05, 0.1) is 17.4 Å². The van der Waals surface area contributed by atoms with Crippen molar-refractivity contribution in [2.75, 3.05) is 11.4 Å². The molecular formula is C21H18ClF3N4O. The fraction of sp³-hybridized carbons (Fsp3) is 0.286. The van der Waals surface area contributed by atoms with Crippen molar-refractivity contribution in [3.05, 3.63) is 81.4 Å². The molecule has 1 fully saturated rings. The van der Waals surface area contributed by atoms with Gasteiger partial charge in [0.1, 0.15) is 5.02 Å². The Kier molecular flexibility index (Phi) is 5.51. The number of nitrogens with zero attached hydrogens (tertiary/aromatic N) is 4. The van der Waals surface area contributed by atoms with Gasteiger partial charge in [-0.15, -0.1) is 0 Å². The van der Waals surface area contributed by atoms with Crippen molar-refractivity contribution in [1.29, 1.82) is 0 Å². The van der Waals surface area contributed by atoms with Crippen molar-refractivity contribution in [2.24, 2.45) is 0 Å². The Morgan fingerprint density at radius 3 is 2.53 bits per heavy atom. The number of hydrogen-bond acceptors (Lipinski definition) is 4. The molecule has 1 atom stereocenters. The van der Waals surface area contributed by atoms with E-state index in [1.807, 2.05) is 18.2 Å². The largest absolute Gasteiger partial charge is 0.417 e. The highest BCUT2D eigenvalue weighted by atomic mass is 35.5. The molecular weight excluding hydrogens is 417 g/mol. The predicted molar refractivity (Wildman–Crippen MR) is 108 cm³/mol. The van der Waals surface area contributed by atoms with Gasteiger partial charge in [0.2, 0.25) is 0 Å². The lowest BCUT2D eigenvalue weighted by Gasteiger charge is -2.27. The molecule has 0 N–H and O–H groups in total. The van der Waals surface area contributed by atoms with Crippen molar-refractivity contribution in [3.8, 4) is 5.82 Å². The maximum absolute atomic E-state index is 12.8. The number of aromatic nitrogens is 3. The second kappa shape index (κ2) is 8.10. The summed E-state index contributed by atoms with van der Waals surface area (Å²) in [6.45, 7) is 0.751. The third-order valence-corrected chi connectivity index (χ3v) is 5.55. The molecule has 2 aromatic heterocycles. The fourth-order valence-corrected chi connectivity index (χ4v) is 3.96. The van der Waals surface area contributed by atoms with E-state index >= 15 is 0 Å². The lowest BCUT2D eigenvalue weighted by atomic mass is 10.0. The second-order valence-electron chi connectivity index (χ2n) is 7.14. The molecule has 3 heterocycles. The molecule has 3 aromatic rings. The molecule has 1 aliphatic rings. The van der Waals surface area contributed by atoms with Gasteiger partial charge in [0, 0.05) is 18.8 Å². The van der Waals surface area contributed by atoms with Gasteiger partial charge < -0.3 is 4.90 Å². The topological polar surface area (TPSA) is 51.0 Å². The van der Waals surface area contributed by atoms with Crippen molar-refractivity contribution in [1.82, 2.24) is 14.8 Å². The summed E-state index contributed by atoms with van der Waals surface area (Å²) < 4.78 is 39.1. The first-order valence-electron chi connectivity index (χ1n) is 9.46. The van der Waals surface area contributed by atoms with Crippen LogP contribution < -0.4 is 10.5 Å². The van der Waals surface area contributed by atoms with Crippen LogP contribution in [-0.4, -0.2) is 27.4 Å². The number of alkyl halides is 3. The Hall–Kier alpha value is -2.87. The summed E-state index contributed by atoms with van der Waals surface area (Å²) in [5.74, 6) is -0.0243. The van der Waals surface area contributed by atoms with Crippen LogP contribution in [-0.2, 0) is 12.6 Å². The van der Waals surface area contributed by atoms with Crippen molar-refractivity contribution in [2.45, 2.75) is 31.5 Å². The Balaban J connectivity index is 1.62. The molecule has 4 rings (SSSR count). The molecule has 5 nitrogen and oxygen atoms in total. The van der Waals surface area contributed by atoms with E-state index in [1.54, 1.807) is 0 Å². The van der Waals surface area contributed by atoms with Gasteiger partial charge in [-0.25, -0.2) is 4.98 Å². The van der Waals surface area contributed by atoms with Gasteiger partial charge in [0.25, 0.3) is 5.56 Å². The molecule has 0 amide bonds. The third kappa shape index (κ3) is 4.05. The molecule has 156 valence electrons. The molecule has 0 saturated carbocycles. The number of anilines is 1. The van der Waals surface area contributed by atoms with Crippen LogP contribution in [0.15, 0.2) is 59.7 Å². The number of pyridine rings is 1. The summed E-state index contributed by atoms with van der Waals surface area (Å²) in [4.78, 5) is 18.6. The zero-order valence-electron chi connectivity index (χ0n) is 15.8. The van der Waals surface area contributed by atoms with Crippen molar-refractivity contribution in [3.63, 3.8) is 0 Å². The molecule has 0 spiro atoms. The van der Waals surface area contributed by atoms with Crippen LogP contribution in [0.25, 0.3) is 5.82 Å². The van der Waals surface area contributed by atoms with Crippen molar-refractivity contribution >= 4 is 17.3 Å². The summed E-state index contributed by atoms with van der Waals surface area (Å²) in [5.41, 5.74) is 0.207. The Morgan fingerprint density at radius 2 is 1.87 bits per heavy atom. The molecule has 0 bridgehead atoms. The van der Waals surface area contributed by atoms with Crippen LogP contribution in [0.3, 0.4) is 0 Å². The minimum atomic E-state index is -4.51. The summed E-state index contributed by atoms with van der Waals surface area (Å²) >= 11 is 6.38. The van der Waals surface area contributed by atoms with Gasteiger partial charge in [0.15, 0.2) is 5.82 Å². The Labute approximate surface area is 175 Å². The average Bonchev–Trinajstić information content (AvgIpc) is 3.18. The SMILES string of the molecule is O=c1c(Cl)c(N2CCCC2Cc2ccccc2)cnn1-c1ccc(C(F)(F)F)cn1. The summed E-state index contributed by atoms with van der Waals surface area (Å²) in [7, 11) is 0. The van der Waals surface area contributed by atoms with E-state index in [-0.39, 0.29) is 16.9 Å². The molecule has 1 aromatic carbocycles. The molecule has 1 saturated heterocycles. The molecule has 0 aliphatic carbocycles. The zero-order chi connectivity index (χ0) is 21.3. The lowest BCUT2D eigenvalue weighted by molar-refractivity contribution is -0.137. The van der Waals surface area contributed by atoms with E-state index in [1.165, 1.54) is 11.8 Å². The van der Waals surface area contributed by atoms with Crippen LogP contribution in [0.5, 0.6) is 0 Å². The quantitative estimate of drug-likeness (QED) is 0.606. The number of hydrogen-bond donors (Lipinski definition) is 0. The highest BCUT2D eigenvalue weighted by Crippen LogP contribution is 2.31. The molecule has 9 heteroatoms. The van der Waals surface area contributed by atoms with Gasteiger partial charge in [-0.3, -0.25) is 4.79 Å². The maximum atomic E-state index is 12.8. The van der Waals surface area contributed by atoms with E-state index in [2.05, 4.69) is 27.1 Å². The first-order valence-corrected chi connectivity index (χ1v) is 9.84. The lowest BCUT2D eigenvalue weighted by Crippen LogP contribution is -2.34. The normalized spacial score (nSPS) is 16.8. The maximum Gasteiger partial charge on any atom is 0.417 e. The third-order valence-electron chi connectivity index (χ3n) is 5.19. The number of rotatable bonds is 4. The Bertz CT molecular complexity index is 1080. The van der Waals surface area contributed by atoms with Gasteiger partial charge in [-0.05, 0) is 37.0 Å². The second-order valence-corrected chi connectivity index (χ2v) is 7.52.